The first kappa shape index (κ1) is 23.1. The van der Waals surface area contributed by atoms with E-state index >= 15 is 0 Å². The van der Waals surface area contributed by atoms with Crippen LogP contribution in [0.25, 0.3) is 11.3 Å². The summed E-state index contributed by atoms with van der Waals surface area (Å²) in [5, 5.41) is 5.93. The van der Waals surface area contributed by atoms with Gasteiger partial charge >= 0.3 is 0 Å². The summed E-state index contributed by atoms with van der Waals surface area (Å²) in [6, 6.07) is 12.4. The molecule has 4 rings (SSSR count). The molecular formula is C24H24ClN3O4S. The number of thiazole rings is 1. The number of halogens is 1. The number of hydrogen-bond acceptors (Lipinski definition) is 6. The van der Waals surface area contributed by atoms with Crippen molar-refractivity contribution in [1.82, 2.24) is 9.88 Å². The van der Waals surface area contributed by atoms with Crippen molar-refractivity contribution in [1.29, 1.82) is 0 Å². The van der Waals surface area contributed by atoms with Crippen molar-refractivity contribution in [2.75, 3.05) is 32.6 Å². The Morgan fingerprint density at radius 1 is 1.09 bits per heavy atom. The third kappa shape index (κ3) is 5.29. The zero-order valence-corrected chi connectivity index (χ0v) is 19.9. The lowest BCUT2D eigenvalue weighted by Crippen LogP contribution is -2.41. The molecule has 0 bridgehead atoms. The summed E-state index contributed by atoms with van der Waals surface area (Å²) in [5.74, 6) is 1.09. The number of aromatic nitrogens is 1. The van der Waals surface area contributed by atoms with Gasteiger partial charge in [-0.15, -0.1) is 11.3 Å². The molecule has 2 amide bonds. The molecule has 0 saturated carbocycles. The molecule has 3 aromatic rings. The summed E-state index contributed by atoms with van der Waals surface area (Å²) in [6.07, 6.45) is 1.21. The minimum atomic E-state index is -0.169. The van der Waals surface area contributed by atoms with E-state index in [9.17, 15) is 9.59 Å². The molecule has 0 spiro atoms. The van der Waals surface area contributed by atoms with Gasteiger partial charge in [0.05, 0.1) is 19.9 Å². The van der Waals surface area contributed by atoms with Crippen LogP contribution in [0.2, 0.25) is 5.02 Å². The molecule has 0 unspecified atom stereocenters. The van der Waals surface area contributed by atoms with E-state index in [0.29, 0.717) is 58.8 Å². The van der Waals surface area contributed by atoms with Crippen LogP contribution in [0.5, 0.6) is 11.5 Å². The molecule has 1 aliphatic rings. The first-order chi connectivity index (χ1) is 16.0. The van der Waals surface area contributed by atoms with Crippen LogP contribution in [-0.4, -0.2) is 49.0 Å². The van der Waals surface area contributed by atoms with E-state index in [1.54, 1.807) is 43.4 Å². The Balaban J connectivity index is 1.36. The molecule has 1 N–H and O–H groups in total. The predicted molar refractivity (Wildman–Crippen MR) is 129 cm³/mol. The van der Waals surface area contributed by atoms with E-state index < -0.39 is 0 Å². The number of nitrogens with one attached hydrogen (secondary N) is 1. The van der Waals surface area contributed by atoms with Gasteiger partial charge < -0.3 is 19.7 Å². The molecule has 9 heteroatoms. The number of likely N-dealkylation sites (tertiary alicyclic amines) is 1. The van der Waals surface area contributed by atoms with E-state index in [-0.39, 0.29) is 17.7 Å². The highest BCUT2D eigenvalue weighted by atomic mass is 35.5. The SMILES string of the molecule is COc1ccc(OC)c(-c2csc(NC(=O)C3CCN(C(=O)c4ccc(Cl)cc4)CC3)n2)c1. The summed E-state index contributed by atoms with van der Waals surface area (Å²) in [4.78, 5) is 31.8. The molecule has 0 radical (unpaired) electrons. The summed E-state index contributed by atoms with van der Waals surface area (Å²) in [7, 11) is 3.21. The fraction of sp³-hybridized carbons (Fsp3) is 0.292. The zero-order chi connectivity index (χ0) is 23.4. The van der Waals surface area contributed by atoms with Crippen molar-refractivity contribution in [3.63, 3.8) is 0 Å². The Morgan fingerprint density at radius 2 is 1.82 bits per heavy atom. The van der Waals surface area contributed by atoms with E-state index in [1.807, 2.05) is 23.6 Å². The highest BCUT2D eigenvalue weighted by Crippen LogP contribution is 2.35. The molecule has 1 aromatic heterocycles. The standard InChI is InChI=1S/C24H24ClN3O4S/c1-31-18-7-8-21(32-2)19(13-18)20-14-33-24(26-20)27-22(29)15-9-11-28(12-10-15)23(30)16-3-5-17(25)6-4-16/h3-8,13-15H,9-12H2,1-2H3,(H,26,27,29). The van der Waals surface area contributed by atoms with E-state index in [4.69, 9.17) is 21.1 Å². The highest BCUT2D eigenvalue weighted by Gasteiger charge is 2.28. The molecule has 172 valence electrons. The zero-order valence-electron chi connectivity index (χ0n) is 18.3. The maximum absolute atomic E-state index is 12.8. The number of methoxy groups -OCH3 is 2. The number of piperidine rings is 1. The summed E-state index contributed by atoms with van der Waals surface area (Å²) in [5.41, 5.74) is 2.10. The van der Waals surface area contributed by atoms with Gasteiger partial charge in [0.25, 0.3) is 5.91 Å². The van der Waals surface area contributed by atoms with Crippen molar-refractivity contribution in [3.05, 3.63) is 58.4 Å². The third-order valence-electron chi connectivity index (χ3n) is 5.66. The molecule has 2 aromatic carbocycles. The fourth-order valence-electron chi connectivity index (χ4n) is 3.80. The van der Waals surface area contributed by atoms with Gasteiger partial charge in [0, 0.05) is 40.5 Å². The van der Waals surface area contributed by atoms with Gasteiger partial charge in [0.2, 0.25) is 5.91 Å². The lowest BCUT2D eigenvalue weighted by molar-refractivity contribution is -0.121. The van der Waals surface area contributed by atoms with Crippen LogP contribution in [0.3, 0.4) is 0 Å². The van der Waals surface area contributed by atoms with Crippen molar-refractivity contribution in [3.8, 4) is 22.8 Å². The van der Waals surface area contributed by atoms with E-state index in [2.05, 4.69) is 10.3 Å². The Labute approximate surface area is 201 Å². The molecule has 0 aliphatic carbocycles. The minimum absolute atomic E-state index is 0.0395. The van der Waals surface area contributed by atoms with Gasteiger partial charge in [-0.05, 0) is 55.3 Å². The van der Waals surface area contributed by atoms with E-state index in [1.165, 1.54) is 11.3 Å². The number of benzene rings is 2. The normalized spacial score (nSPS) is 14.1. The minimum Gasteiger partial charge on any atom is -0.497 e. The molecule has 2 heterocycles. The van der Waals surface area contributed by atoms with Gasteiger partial charge in [-0.2, -0.15) is 0 Å². The number of nitrogens with zero attached hydrogens (tertiary/aromatic N) is 2. The average Bonchev–Trinajstić information content (AvgIpc) is 3.32. The Bertz CT molecular complexity index is 1140. The van der Waals surface area contributed by atoms with Crippen LogP contribution in [0, 0.1) is 5.92 Å². The number of amides is 2. The predicted octanol–water partition coefficient (Wildman–Crippen LogP) is 4.97. The molecule has 1 aliphatic heterocycles. The maximum atomic E-state index is 12.8. The van der Waals surface area contributed by atoms with Crippen LogP contribution in [0.1, 0.15) is 23.2 Å². The van der Waals surface area contributed by atoms with Gasteiger partial charge in [-0.1, -0.05) is 11.6 Å². The summed E-state index contributed by atoms with van der Waals surface area (Å²) >= 11 is 7.26. The fourth-order valence-corrected chi connectivity index (χ4v) is 4.64. The first-order valence-corrected chi connectivity index (χ1v) is 11.8. The number of carbonyl (C=O) groups is 2. The smallest absolute Gasteiger partial charge is 0.253 e. The van der Waals surface area contributed by atoms with Gasteiger partial charge in [0.15, 0.2) is 5.13 Å². The number of hydrogen-bond donors (Lipinski definition) is 1. The van der Waals surface area contributed by atoms with Crippen molar-refractivity contribution >= 4 is 39.9 Å². The second-order valence-corrected chi connectivity index (χ2v) is 8.96. The number of carbonyl (C=O) groups excluding carboxylic acids is 2. The molecule has 1 saturated heterocycles. The molecular weight excluding hydrogens is 462 g/mol. The van der Waals surface area contributed by atoms with Crippen LogP contribution in [-0.2, 0) is 4.79 Å². The third-order valence-corrected chi connectivity index (χ3v) is 6.67. The average molecular weight is 486 g/mol. The monoisotopic (exact) mass is 485 g/mol. The van der Waals surface area contributed by atoms with Crippen molar-refractivity contribution < 1.29 is 19.1 Å². The molecule has 1 fully saturated rings. The van der Waals surface area contributed by atoms with Gasteiger partial charge in [-0.25, -0.2) is 4.98 Å². The lowest BCUT2D eigenvalue weighted by atomic mass is 9.95. The largest absolute Gasteiger partial charge is 0.497 e. The topological polar surface area (TPSA) is 80.8 Å². The van der Waals surface area contributed by atoms with Crippen LogP contribution < -0.4 is 14.8 Å². The van der Waals surface area contributed by atoms with Crippen LogP contribution in [0.4, 0.5) is 5.13 Å². The second-order valence-electron chi connectivity index (χ2n) is 7.67. The highest BCUT2D eigenvalue weighted by molar-refractivity contribution is 7.14. The Kier molecular flexibility index (Phi) is 7.15. The lowest BCUT2D eigenvalue weighted by Gasteiger charge is -2.31. The molecule has 33 heavy (non-hydrogen) atoms. The van der Waals surface area contributed by atoms with Gasteiger partial charge in [-0.3, -0.25) is 9.59 Å². The summed E-state index contributed by atoms with van der Waals surface area (Å²) < 4.78 is 10.7. The molecule has 7 nitrogen and oxygen atoms in total. The summed E-state index contributed by atoms with van der Waals surface area (Å²) in [6.45, 7) is 1.06. The van der Waals surface area contributed by atoms with Crippen molar-refractivity contribution in [2.24, 2.45) is 5.92 Å². The van der Waals surface area contributed by atoms with Gasteiger partial charge in [0.1, 0.15) is 11.5 Å². The van der Waals surface area contributed by atoms with Crippen LogP contribution in [0.15, 0.2) is 47.8 Å². The number of ether oxygens (including phenoxy) is 2. The molecule has 0 atom stereocenters. The Hall–Kier alpha value is -3.10. The first-order valence-electron chi connectivity index (χ1n) is 10.5. The van der Waals surface area contributed by atoms with Crippen LogP contribution >= 0.6 is 22.9 Å². The Morgan fingerprint density at radius 3 is 2.48 bits per heavy atom. The quantitative estimate of drug-likeness (QED) is 0.533. The van der Waals surface area contributed by atoms with E-state index in [0.717, 1.165) is 5.56 Å². The maximum Gasteiger partial charge on any atom is 0.253 e. The van der Waals surface area contributed by atoms with Crippen molar-refractivity contribution in [2.45, 2.75) is 12.8 Å². The number of anilines is 1. The second kappa shape index (κ2) is 10.2. The number of rotatable bonds is 6.